The molecule has 0 unspecified atom stereocenters. The summed E-state index contributed by atoms with van der Waals surface area (Å²) in [5.74, 6) is -0.0860. The summed E-state index contributed by atoms with van der Waals surface area (Å²) in [5, 5.41) is 4.48. The Morgan fingerprint density at radius 2 is 2.18 bits per heavy atom. The van der Waals surface area contributed by atoms with Crippen molar-refractivity contribution in [2.45, 2.75) is 6.92 Å². The van der Waals surface area contributed by atoms with Crippen molar-refractivity contribution in [3.05, 3.63) is 33.7 Å². The van der Waals surface area contributed by atoms with E-state index in [0.29, 0.717) is 16.4 Å². The van der Waals surface area contributed by atoms with Gasteiger partial charge in [0.1, 0.15) is 4.88 Å². The molecular weight excluding hydrogens is 320 g/mol. The molecule has 0 bridgehead atoms. The molecule has 4 nitrogen and oxygen atoms in total. The van der Waals surface area contributed by atoms with Gasteiger partial charge in [-0.25, -0.2) is 0 Å². The molecule has 0 aliphatic carbocycles. The number of fused-ring (bicyclic) bond motifs is 1. The molecular formula is C16H19ClN2O2S. The van der Waals surface area contributed by atoms with Crippen molar-refractivity contribution in [2.24, 2.45) is 0 Å². The number of carbonyl (C=O) groups excluding carboxylic acids is 1. The van der Waals surface area contributed by atoms with E-state index in [0.717, 1.165) is 42.9 Å². The molecule has 1 N–H and O–H groups in total. The molecule has 1 aliphatic heterocycles. The molecule has 1 aromatic carbocycles. The van der Waals surface area contributed by atoms with Gasteiger partial charge >= 0.3 is 0 Å². The number of rotatable bonds is 4. The van der Waals surface area contributed by atoms with Gasteiger partial charge < -0.3 is 10.1 Å². The number of carbonyl (C=O) groups is 1. The van der Waals surface area contributed by atoms with Crippen molar-refractivity contribution in [3.8, 4) is 0 Å². The smallest absolute Gasteiger partial charge is 0.262 e. The first kappa shape index (κ1) is 15.7. The van der Waals surface area contributed by atoms with Crippen molar-refractivity contribution in [3.63, 3.8) is 0 Å². The molecule has 2 heterocycles. The van der Waals surface area contributed by atoms with Crippen LogP contribution in [0.25, 0.3) is 10.1 Å². The largest absolute Gasteiger partial charge is 0.379 e. The van der Waals surface area contributed by atoms with Gasteiger partial charge in [0.25, 0.3) is 5.91 Å². The third-order valence-electron chi connectivity index (χ3n) is 3.81. The molecule has 2 aromatic rings. The fraction of sp³-hybridized carbons (Fsp3) is 0.438. The lowest BCUT2D eigenvalue weighted by molar-refractivity contribution is 0.0383. The van der Waals surface area contributed by atoms with Crippen LogP contribution in [0.3, 0.4) is 0 Å². The number of halogens is 1. The van der Waals surface area contributed by atoms with Gasteiger partial charge in [0.15, 0.2) is 0 Å². The van der Waals surface area contributed by atoms with Crippen LogP contribution in [-0.4, -0.2) is 50.2 Å². The van der Waals surface area contributed by atoms with E-state index in [9.17, 15) is 4.79 Å². The number of benzene rings is 1. The van der Waals surface area contributed by atoms with Gasteiger partial charge in [-0.3, -0.25) is 9.69 Å². The van der Waals surface area contributed by atoms with Crippen molar-refractivity contribution in [1.29, 1.82) is 0 Å². The molecule has 0 spiro atoms. The average Bonchev–Trinajstić information content (AvgIpc) is 2.84. The number of nitrogens with zero attached hydrogens (tertiary/aromatic N) is 1. The number of thiophene rings is 1. The summed E-state index contributed by atoms with van der Waals surface area (Å²) in [6, 6.07) is 6.06. The zero-order valence-corrected chi connectivity index (χ0v) is 14.1. The minimum atomic E-state index is -0.0860. The quantitative estimate of drug-likeness (QED) is 0.932. The Morgan fingerprint density at radius 3 is 2.95 bits per heavy atom. The number of amides is 1. The Bertz CT molecular complexity index is 680. The Hall–Kier alpha value is -1.14. The Balaban J connectivity index is 1.63. The lowest BCUT2D eigenvalue weighted by atomic mass is 10.2. The molecule has 0 saturated carbocycles. The standard InChI is InChI=1S/C16H19ClN2O2S/c1-11-2-3-12-13(10-11)22-15(14(12)17)16(20)18-4-5-19-6-8-21-9-7-19/h2-3,10H,4-9H2,1H3,(H,18,20). The van der Waals surface area contributed by atoms with Gasteiger partial charge in [-0.15, -0.1) is 11.3 Å². The van der Waals surface area contributed by atoms with Crippen LogP contribution in [-0.2, 0) is 4.74 Å². The Kier molecular flexibility index (Phi) is 4.98. The SMILES string of the molecule is Cc1ccc2c(Cl)c(C(=O)NCCN3CCOCC3)sc2c1. The third-order valence-corrected chi connectivity index (χ3v) is 5.46. The van der Waals surface area contributed by atoms with Crippen LogP contribution in [0.1, 0.15) is 15.2 Å². The highest BCUT2D eigenvalue weighted by Crippen LogP contribution is 2.35. The van der Waals surface area contributed by atoms with Gasteiger partial charge in [-0.2, -0.15) is 0 Å². The molecule has 6 heteroatoms. The van der Waals surface area contributed by atoms with Gasteiger partial charge in [0, 0.05) is 36.3 Å². The van der Waals surface area contributed by atoms with E-state index in [1.165, 1.54) is 16.9 Å². The summed E-state index contributed by atoms with van der Waals surface area (Å²) in [6.07, 6.45) is 0. The topological polar surface area (TPSA) is 41.6 Å². The highest BCUT2D eigenvalue weighted by atomic mass is 35.5. The van der Waals surface area contributed by atoms with Crippen LogP contribution in [0, 0.1) is 6.92 Å². The van der Waals surface area contributed by atoms with Gasteiger partial charge in [-0.05, 0) is 18.6 Å². The second-order valence-corrected chi connectivity index (χ2v) is 6.88. The van der Waals surface area contributed by atoms with Crippen LogP contribution in [0.4, 0.5) is 0 Å². The lowest BCUT2D eigenvalue weighted by Crippen LogP contribution is -2.41. The molecule has 1 aromatic heterocycles. The molecule has 0 atom stereocenters. The van der Waals surface area contributed by atoms with E-state index in [-0.39, 0.29) is 5.91 Å². The molecule has 1 amide bonds. The Morgan fingerprint density at radius 1 is 1.41 bits per heavy atom. The first-order chi connectivity index (χ1) is 10.6. The monoisotopic (exact) mass is 338 g/mol. The maximum atomic E-state index is 12.3. The molecule has 1 fully saturated rings. The lowest BCUT2D eigenvalue weighted by Gasteiger charge is -2.26. The highest BCUT2D eigenvalue weighted by molar-refractivity contribution is 7.21. The van der Waals surface area contributed by atoms with Gasteiger partial charge in [-0.1, -0.05) is 23.7 Å². The minimum absolute atomic E-state index is 0.0860. The Labute approximate surface area is 139 Å². The zero-order chi connectivity index (χ0) is 15.5. The zero-order valence-electron chi connectivity index (χ0n) is 12.5. The van der Waals surface area contributed by atoms with Gasteiger partial charge in [0.2, 0.25) is 0 Å². The predicted octanol–water partition coefficient (Wildman–Crippen LogP) is 2.93. The van der Waals surface area contributed by atoms with E-state index in [1.54, 1.807) is 0 Å². The molecule has 3 rings (SSSR count). The van der Waals surface area contributed by atoms with Crippen LogP contribution in [0.2, 0.25) is 5.02 Å². The molecule has 22 heavy (non-hydrogen) atoms. The first-order valence-corrected chi connectivity index (χ1v) is 8.61. The van der Waals surface area contributed by atoms with E-state index in [4.69, 9.17) is 16.3 Å². The molecule has 1 aliphatic rings. The number of aryl methyl sites for hydroxylation is 1. The molecule has 118 valence electrons. The third kappa shape index (κ3) is 3.43. The van der Waals surface area contributed by atoms with Crippen molar-refractivity contribution >= 4 is 38.9 Å². The second kappa shape index (κ2) is 6.96. The maximum Gasteiger partial charge on any atom is 0.262 e. The summed E-state index contributed by atoms with van der Waals surface area (Å²) in [5.41, 5.74) is 1.17. The number of morpholine rings is 1. The second-order valence-electron chi connectivity index (χ2n) is 5.45. The van der Waals surface area contributed by atoms with Gasteiger partial charge in [0.05, 0.1) is 18.2 Å². The molecule has 1 saturated heterocycles. The van der Waals surface area contributed by atoms with Crippen LogP contribution in [0.15, 0.2) is 18.2 Å². The highest BCUT2D eigenvalue weighted by Gasteiger charge is 2.17. The summed E-state index contributed by atoms with van der Waals surface area (Å²) in [6.45, 7) is 6.91. The minimum Gasteiger partial charge on any atom is -0.379 e. The van der Waals surface area contributed by atoms with Crippen molar-refractivity contribution in [2.75, 3.05) is 39.4 Å². The van der Waals surface area contributed by atoms with Crippen LogP contribution < -0.4 is 5.32 Å². The fourth-order valence-electron chi connectivity index (χ4n) is 2.55. The maximum absolute atomic E-state index is 12.3. The normalized spacial score (nSPS) is 16.1. The predicted molar refractivity (Wildman–Crippen MR) is 91.2 cm³/mol. The molecule has 0 radical (unpaired) electrons. The number of ether oxygens (including phenoxy) is 1. The fourth-order valence-corrected chi connectivity index (χ4v) is 4.08. The van der Waals surface area contributed by atoms with Crippen molar-refractivity contribution in [1.82, 2.24) is 10.2 Å². The van der Waals surface area contributed by atoms with Crippen LogP contribution in [0.5, 0.6) is 0 Å². The van der Waals surface area contributed by atoms with Crippen LogP contribution >= 0.6 is 22.9 Å². The first-order valence-electron chi connectivity index (χ1n) is 7.42. The van der Waals surface area contributed by atoms with E-state index < -0.39 is 0 Å². The average molecular weight is 339 g/mol. The number of hydrogen-bond donors (Lipinski definition) is 1. The summed E-state index contributed by atoms with van der Waals surface area (Å²) in [4.78, 5) is 15.2. The van der Waals surface area contributed by atoms with E-state index >= 15 is 0 Å². The number of hydrogen-bond acceptors (Lipinski definition) is 4. The van der Waals surface area contributed by atoms with E-state index in [2.05, 4.69) is 16.3 Å². The number of nitrogens with one attached hydrogen (secondary N) is 1. The van der Waals surface area contributed by atoms with Crippen molar-refractivity contribution < 1.29 is 9.53 Å². The summed E-state index contributed by atoms with van der Waals surface area (Å²) >= 11 is 7.81. The summed E-state index contributed by atoms with van der Waals surface area (Å²) < 4.78 is 6.37. The van der Waals surface area contributed by atoms with E-state index in [1.807, 2.05) is 19.1 Å². The summed E-state index contributed by atoms with van der Waals surface area (Å²) in [7, 11) is 0.